The molecule has 0 spiro atoms. The van der Waals surface area contributed by atoms with E-state index in [1.165, 1.54) is 79.6 Å². The minimum absolute atomic E-state index is 0.0657. The number of aromatic amines is 2. The minimum atomic E-state index is -1.76. The SMILES string of the molecule is CC(C)(C)[Si](C)(C)OCCCCI.CC[C@H]1O[C@@H](n2cc(C)c(=O)n(CCCCO)c2=O)C[C@@H]1C.CC[C@H]1O[C@@H](n2cc(C)c(=O)n(CCCCO[Si](C)(C)C(C)(C)C)c2=O)C[C@@H]1C.COC1(OC[C@H]2O[C@@H](n3cc(C)c(=O)[nH]c3=O)C[C@@H]2OC2(OC)CCCCC2)CCCCC1.COC1=CCCCC1.Cc1cn([C@H]2C[C@H](O)[C@@H](CO)O2)c(=O)[nH]c1=O. The van der Waals surface area contributed by atoms with E-state index in [2.05, 4.69) is 134 Å². The van der Waals surface area contributed by atoms with Crippen molar-refractivity contribution in [2.75, 3.05) is 58.8 Å². The topological polar surface area (TPSA) is 360 Å². The number of alkyl halides is 1. The molecule has 5 N–H and O–H groups in total. The number of hydrogen-bond acceptors (Lipinski definition) is 22. The quantitative estimate of drug-likeness (QED) is 0.0106. The largest absolute Gasteiger partial charge is 0.501 e. The number of aromatic nitrogens is 8. The van der Waals surface area contributed by atoms with Crippen LogP contribution in [0, 0.1) is 39.5 Å². The molecular weight excluding hydrogens is 1720 g/mol. The maximum absolute atomic E-state index is 13.0. The van der Waals surface area contributed by atoms with Crippen molar-refractivity contribution in [1.82, 2.24) is 37.4 Å². The predicted octanol–water partition coefficient (Wildman–Crippen LogP) is 13.8. The van der Waals surface area contributed by atoms with E-state index in [1.54, 1.807) is 76.7 Å². The number of methoxy groups -OCH3 is 3. The monoisotopic (exact) mass is 1870 g/mol. The van der Waals surface area contributed by atoms with E-state index in [9.17, 15) is 43.5 Å². The predicted molar refractivity (Wildman–Crippen MR) is 488 cm³/mol. The normalized spacial score (nSPS) is 24.5. The molecule has 4 aromatic rings. The van der Waals surface area contributed by atoms with E-state index in [1.807, 2.05) is 0 Å². The molecule has 33 heteroatoms. The third kappa shape index (κ3) is 30.0. The summed E-state index contributed by atoms with van der Waals surface area (Å²) in [6, 6.07) is 0. The van der Waals surface area contributed by atoms with Crippen LogP contribution in [-0.4, -0.2) is 176 Å². The number of hydrogen-bond donors (Lipinski definition) is 5. The number of aryl methyl sites for hydroxylation is 4. The molecule has 4 saturated heterocycles. The molecule has 0 unspecified atom stereocenters. The number of aliphatic hydroxyl groups is 3. The number of halogens is 1. The summed E-state index contributed by atoms with van der Waals surface area (Å²) < 4.78 is 75.3. The van der Waals surface area contributed by atoms with Gasteiger partial charge in [0.2, 0.25) is 0 Å². The van der Waals surface area contributed by atoms with E-state index >= 15 is 0 Å². The van der Waals surface area contributed by atoms with Crippen LogP contribution in [0.3, 0.4) is 0 Å². The number of ether oxygens (including phenoxy) is 9. The lowest BCUT2D eigenvalue weighted by molar-refractivity contribution is -0.282. The zero-order chi connectivity index (χ0) is 90.7. The fourth-order valence-corrected chi connectivity index (χ4v) is 18.4. The highest BCUT2D eigenvalue weighted by atomic mass is 127. The molecule has 0 radical (unpaired) electrons. The minimum Gasteiger partial charge on any atom is -0.501 e. The Labute approximate surface area is 738 Å². The highest BCUT2D eigenvalue weighted by molar-refractivity contribution is 14.1. The van der Waals surface area contributed by atoms with Crippen LogP contribution >= 0.6 is 22.6 Å². The Kier molecular flexibility index (Phi) is 42.8. The molecule has 2 saturated carbocycles. The van der Waals surface area contributed by atoms with Gasteiger partial charge in [0.05, 0.1) is 50.5 Å². The van der Waals surface area contributed by atoms with Crippen molar-refractivity contribution >= 4 is 39.2 Å². The Morgan fingerprint density at radius 1 is 0.525 bits per heavy atom. The molecular formula is C89H153IN8O22Si2. The van der Waals surface area contributed by atoms with Crippen LogP contribution < -0.4 is 45.0 Å². The van der Waals surface area contributed by atoms with Gasteiger partial charge in [0.15, 0.2) is 28.2 Å². The highest BCUT2D eigenvalue weighted by Crippen LogP contribution is 2.43. The maximum atomic E-state index is 13.0. The van der Waals surface area contributed by atoms with Crippen LogP contribution in [0.5, 0.6) is 0 Å². The van der Waals surface area contributed by atoms with E-state index < -0.39 is 75.9 Å². The maximum Gasteiger partial charge on any atom is 0.333 e. The van der Waals surface area contributed by atoms with Crippen LogP contribution in [-0.2, 0) is 64.6 Å². The van der Waals surface area contributed by atoms with Gasteiger partial charge in [-0.1, -0.05) is 105 Å². The molecule has 6 fully saturated rings. The van der Waals surface area contributed by atoms with Crippen molar-refractivity contribution in [2.24, 2.45) is 11.8 Å². The lowest BCUT2D eigenvalue weighted by Gasteiger charge is -2.40. The molecule has 0 aromatic carbocycles. The molecule has 11 rings (SSSR count). The third-order valence-electron chi connectivity index (χ3n) is 25.7. The molecule has 30 nitrogen and oxygen atoms in total. The molecule has 12 atom stereocenters. The third-order valence-corrected chi connectivity index (χ3v) is 35.6. The Hall–Kier alpha value is -5.10. The highest BCUT2D eigenvalue weighted by Gasteiger charge is 2.47. The first-order valence-electron chi connectivity index (χ1n) is 44.8. The first-order valence-corrected chi connectivity index (χ1v) is 52.2. The van der Waals surface area contributed by atoms with Gasteiger partial charge in [0, 0.05) is 139 Å². The molecule has 7 aliphatic rings. The van der Waals surface area contributed by atoms with Gasteiger partial charge >= 0.3 is 22.8 Å². The Bertz CT molecular complexity index is 4390. The number of H-pyrrole nitrogens is 2. The lowest BCUT2D eigenvalue weighted by atomic mass is 9.93. The molecule has 4 aromatic heterocycles. The van der Waals surface area contributed by atoms with Crippen molar-refractivity contribution < 1.29 is 66.8 Å². The van der Waals surface area contributed by atoms with Crippen LogP contribution in [0.4, 0.5) is 0 Å². The van der Waals surface area contributed by atoms with Crippen LogP contribution in [0.15, 0.2) is 75.0 Å². The number of nitrogens with zero attached hydrogens (tertiary/aromatic N) is 6. The van der Waals surface area contributed by atoms with Gasteiger partial charge in [-0.05, 0) is 195 Å². The van der Waals surface area contributed by atoms with E-state index in [0.29, 0.717) is 84.7 Å². The Balaban J connectivity index is 0.000000237. The number of rotatable bonds is 30. The summed E-state index contributed by atoms with van der Waals surface area (Å²) in [7, 11) is 1.92. The first-order chi connectivity index (χ1) is 57.5. The van der Waals surface area contributed by atoms with Crippen molar-refractivity contribution in [3.8, 4) is 0 Å². The van der Waals surface area contributed by atoms with Gasteiger partial charge in [0.1, 0.15) is 37.1 Å². The number of allylic oxidation sites excluding steroid dienone is 2. The van der Waals surface area contributed by atoms with Gasteiger partial charge < -0.3 is 66.8 Å². The van der Waals surface area contributed by atoms with Gasteiger partial charge in [-0.2, -0.15) is 0 Å². The average Bonchev–Trinajstić information content (AvgIpc) is 1.83. The van der Waals surface area contributed by atoms with Gasteiger partial charge in [-0.3, -0.25) is 56.5 Å². The molecule has 3 aliphatic carbocycles. The molecule has 0 bridgehead atoms. The summed E-state index contributed by atoms with van der Waals surface area (Å²) in [4.78, 5) is 102. The summed E-state index contributed by atoms with van der Waals surface area (Å²) in [5.74, 6) is 0.743. The van der Waals surface area contributed by atoms with Crippen LogP contribution in [0.25, 0.3) is 0 Å². The van der Waals surface area contributed by atoms with Gasteiger partial charge in [-0.15, -0.1) is 0 Å². The number of unbranched alkanes of at least 4 members (excludes halogenated alkanes) is 3. The van der Waals surface area contributed by atoms with Crippen molar-refractivity contribution in [3.05, 3.63) is 142 Å². The van der Waals surface area contributed by atoms with Crippen molar-refractivity contribution in [1.29, 1.82) is 0 Å². The van der Waals surface area contributed by atoms with Gasteiger partial charge in [-0.25, -0.2) is 19.2 Å². The summed E-state index contributed by atoms with van der Waals surface area (Å²) >= 11 is 2.42. The zero-order valence-corrected chi connectivity index (χ0v) is 81.7. The Morgan fingerprint density at radius 3 is 1.33 bits per heavy atom. The van der Waals surface area contributed by atoms with Crippen molar-refractivity contribution in [3.63, 3.8) is 0 Å². The second-order valence-corrected chi connectivity index (χ2v) is 47.7. The van der Waals surface area contributed by atoms with Crippen LogP contribution in [0.1, 0.15) is 283 Å². The molecule has 0 amide bonds. The Morgan fingerprint density at radius 2 is 0.943 bits per heavy atom. The number of aliphatic hydroxyl groups excluding tert-OH is 3. The molecule has 4 aliphatic heterocycles. The fourth-order valence-electron chi connectivity index (χ4n) is 15.7. The lowest BCUT2D eigenvalue weighted by Crippen LogP contribution is -2.45. The fraction of sp³-hybridized carbons (Fsp3) is 0.798. The van der Waals surface area contributed by atoms with Gasteiger partial charge in [0.25, 0.3) is 22.2 Å². The average molecular weight is 1870 g/mol. The summed E-state index contributed by atoms with van der Waals surface area (Å²) in [6.07, 6.45) is 29.1. The smallest absolute Gasteiger partial charge is 0.333 e. The van der Waals surface area contributed by atoms with E-state index in [0.717, 1.165) is 103 Å². The van der Waals surface area contributed by atoms with Crippen LogP contribution in [0.2, 0.25) is 36.3 Å². The first kappa shape index (κ1) is 106. The molecule has 696 valence electrons. The standard InChI is InChI=1S/C24H38N2O7.C22H40N2O4Si.C16H26N2O4.C10H23IOSi.C10H14N2O5.C7H12O/c1-17-15-26(22(28)25-21(17)27)20-14-18(33-24(30-3)12-8-5-9-13-24)19(32-20)16-31-23(29-2)10-6-4-7-11-23;1-9-18-16(2)14-19(28-18)24-15-17(3)20(25)23(21(24)26)12-10-11-13-27-29(7,8)22(4,5)6;1-4-13-11(2)9-14(22-13)18-10-12(3)15(20)17(16(18)21)7-5-6-8-19;1-10(2,3)13(4,5)12-9-7-6-8-11;1-5-3-12(10(16)11-9(5)15)8-2-6(14)7(4-13)17-8;1-8-7-5-3-2-4-6-7/h15,18-20H,4-14,16H2,1-3H3,(H,25,27,28);15-16,18-19H,9-14H2,1-8H3;10-11,13-14,19H,4-9H2,1-3H3;6-9H2,1-5H3;3,6-8,13-14H,2,4H2,1H3,(H,11,15,16);5H,2-4,6H2,1H3/t18-,19+,20+;16-,18+,19+;11-,13+,14+;;6-,7+,8+;/m000.0./s1. The summed E-state index contributed by atoms with van der Waals surface area (Å²) in [5.41, 5.74) is -0.975. The summed E-state index contributed by atoms with van der Waals surface area (Å²) in [5, 5.41) is 27.9. The van der Waals surface area contributed by atoms with E-state index in [4.69, 9.17) is 61.7 Å². The zero-order valence-electron chi connectivity index (χ0n) is 77.5. The second kappa shape index (κ2) is 49.5. The second-order valence-electron chi connectivity index (χ2n) is 37.0. The summed E-state index contributed by atoms with van der Waals surface area (Å²) in [6.45, 7) is 40.3. The van der Waals surface area contributed by atoms with E-state index in [-0.39, 0.29) is 83.5 Å². The molecule has 122 heavy (non-hydrogen) atoms. The van der Waals surface area contributed by atoms with Crippen molar-refractivity contribution in [2.45, 2.75) is 386 Å². The molecule has 8 heterocycles. The number of nitrogens with one attached hydrogen (secondary N) is 2.